The average molecular weight is 405 g/mol. The molecule has 1 N–H and O–H groups in total. The van der Waals surface area contributed by atoms with E-state index < -0.39 is 0 Å². The van der Waals surface area contributed by atoms with Crippen LogP contribution in [0.1, 0.15) is 36.8 Å². The number of benzene rings is 1. The molecular weight excluding hydrogens is 372 g/mol. The molecule has 7 heteroatoms. The highest BCUT2D eigenvalue weighted by atomic mass is 16.5. The van der Waals surface area contributed by atoms with Crippen molar-refractivity contribution in [3.05, 3.63) is 23.3 Å². The maximum absolute atomic E-state index is 13.0. The first kappa shape index (κ1) is 20.4. The largest absolute Gasteiger partial charge is 0.490 e. The van der Waals surface area contributed by atoms with Crippen molar-refractivity contribution in [3.63, 3.8) is 0 Å². The van der Waals surface area contributed by atoms with E-state index in [0.717, 1.165) is 55.8 Å². The number of morpholine rings is 1. The Labute approximate surface area is 172 Å². The van der Waals surface area contributed by atoms with Gasteiger partial charge in [-0.25, -0.2) is 0 Å². The molecule has 1 amide bonds. The predicted octanol–water partition coefficient (Wildman–Crippen LogP) is 1.91. The summed E-state index contributed by atoms with van der Waals surface area (Å²) < 4.78 is 22.6. The van der Waals surface area contributed by atoms with Crippen molar-refractivity contribution in [1.82, 2.24) is 10.2 Å². The monoisotopic (exact) mass is 404 g/mol. The molecular formula is C22H32N2O5. The number of rotatable bonds is 10. The van der Waals surface area contributed by atoms with Crippen LogP contribution in [0.25, 0.3) is 0 Å². The van der Waals surface area contributed by atoms with Crippen LogP contribution in [0.5, 0.6) is 11.5 Å². The fourth-order valence-electron chi connectivity index (χ4n) is 3.99. The van der Waals surface area contributed by atoms with Crippen LogP contribution < -0.4 is 14.8 Å². The van der Waals surface area contributed by atoms with Gasteiger partial charge in [-0.1, -0.05) is 0 Å². The molecule has 2 heterocycles. The third-order valence-corrected chi connectivity index (χ3v) is 5.63. The lowest BCUT2D eigenvalue weighted by atomic mass is 10.1. The van der Waals surface area contributed by atoms with Gasteiger partial charge < -0.3 is 29.2 Å². The Bertz CT molecular complexity index is 701. The molecule has 1 aromatic rings. The van der Waals surface area contributed by atoms with Crippen LogP contribution in [0.2, 0.25) is 0 Å². The molecule has 4 rings (SSSR count). The van der Waals surface area contributed by atoms with Crippen molar-refractivity contribution < 1.29 is 23.7 Å². The third kappa shape index (κ3) is 5.41. The smallest absolute Gasteiger partial charge is 0.225 e. The molecule has 0 spiro atoms. The quantitative estimate of drug-likeness (QED) is 0.601. The Morgan fingerprint density at radius 2 is 2.17 bits per heavy atom. The molecule has 160 valence electrons. The lowest BCUT2D eigenvalue weighted by molar-refractivity contribution is -0.136. The zero-order chi connectivity index (χ0) is 20.1. The number of hydrogen-bond acceptors (Lipinski definition) is 6. The maximum Gasteiger partial charge on any atom is 0.225 e. The minimum atomic E-state index is -0.0226. The molecule has 7 nitrogen and oxygen atoms in total. The van der Waals surface area contributed by atoms with Crippen LogP contribution in [-0.4, -0.2) is 69.6 Å². The summed E-state index contributed by atoms with van der Waals surface area (Å²) in [7, 11) is 1.69. The summed E-state index contributed by atoms with van der Waals surface area (Å²) in [6.45, 7) is 4.85. The van der Waals surface area contributed by atoms with Crippen molar-refractivity contribution >= 4 is 5.91 Å². The molecule has 1 saturated carbocycles. The summed E-state index contributed by atoms with van der Waals surface area (Å²) in [5, 5.41) is 3.30. The molecule has 0 aromatic heterocycles. The third-order valence-electron chi connectivity index (χ3n) is 5.63. The second kappa shape index (κ2) is 9.78. The Balaban J connectivity index is 1.43. The molecule has 1 saturated heterocycles. The van der Waals surface area contributed by atoms with E-state index in [4.69, 9.17) is 18.9 Å². The lowest BCUT2D eigenvalue weighted by Gasteiger charge is -2.28. The number of carbonyl (C=O) groups excluding carboxylic acids is 1. The summed E-state index contributed by atoms with van der Waals surface area (Å²) in [5.41, 5.74) is 2.28. The molecule has 29 heavy (non-hydrogen) atoms. The van der Waals surface area contributed by atoms with Gasteiger partial charge in [-0.05, 0) is 30.5 Å². The Kier molecular flexibility index (Phi) is 6.90. The number of nitrogens with one attached hydrogen (secondary N) is 1. The summed E-state index contributed by atoms with van der Waals surface area (Å²) in [5.74, 6) is 1.83. The van der Waals surface area contributed by atoms with Crippen LogP contribution in [-0.2, 0) is 27.2 Å². The average Bonchev–Trinajstić information content (AvgIpc) is 3.46. The number of fused-ring (bicyclic) bond motifs is 1. The number of nitrogens with zero attached hydrogens (tertiary/aromatic N) is 1. The summed E-state index contributed by atoms with van der Waals surface area (Å²) in [6, 6.07) is 4.57. The molecule has 0 bridgehead atoms. The summed E-state index contributed by atoms with van der Waals surface area (Å²) in [4.78, 5) is 15.0. The van der Waals surface area contributed by atoms with Gasteiger partial charge in [-0.2, -0.15) is 0 Å². The van der Waals surface area contributed by atoms with Gasteiger partial charge in [0.25, 0.3) is 0 Å². The van der Waals surface area contributed by atoms with Crippen LogP contribution in [0.4, 0.5) is 0 Å². The standard InChI is InChI=1S/C22H32N2O5/c1-26-7-2-8-28-20-12-16(11-17-5-9-29-22(17)20)15-24(18-3-4-18)21(25)13-19-14-23-6-10-27-19/h11-12,18-19,23H,2-10,13-15H2,1H3. The number of hydrogen-bond donors (Lipinski definition) is 1. The van der Waals surface area contributed by atoms with Gasteiger partial charge in [0, 0.05) is 57.8 Å². The molecule has 1 unspecified atom stereocenters. The van der Waals surface area contributed by atoms with E-state index >= 15 is 0 Å². The van der Waals surface area contributed by atoms with Gasteiger partial charge in [0.1, 0.15) is 0 Å². The van der Waals surface area contributed by atoms with E-state index in [1.165, 1.54) is 5.56 Å². The minimum absolute atomic E-state index is 0.0226. The zero-order valence-corrected chi connectivity index (χ0v) is 17.3. The van der Waals surface area contributed by atoms with Crippen LogP contribution in [0.15, 0.2) is 12.1 Å². The van der Waals surface area contributed by atoms with Gasteiger partial charge in [0.05, 0.1) is 32.3 Å². The van der Waals surface area contributed by atoms with Gasteiger partial charge in [0.2, 0.25) is 5.91 Å². The maximum atomic E-state index is 13.0. The van der Waals surface area contributed by atoms with Crippen LogP contribution in [0, 0.1) is 0 Å². The van der Waals surface area contributed by atoms with Gasteiger partial charge >= 0.3 is 0 Å². The van der Waals surface area contributed by atoms with Gasteiger partial charge in [-0.15, -0.1) is 0 Å². The molecule has 2 aliphatic heterocycles. The Morgan fingerprint density at radius 1 is 1.28 bits per heavy atom. The summed E-state index contributed by atoms with van der Waals surface area (Å²) in [6.07, 6.45) is 4.31. The van der Waals surface area contributed by atoms with E-state index in [1.54, 1.807) is 7.11 Å². The van der Waals surface area contributed by atoms with Crippen molar-refractivity contribution in [3.8, 4) is 11.5 Å². The highest BCUT2D eigenvalue weighted by Crippen LogP contribution is 2.38. The van der Waals surface area contributed by atoms with Crippen molar-refractivity contribution in [1.29, 1.82) is 0 Å². The second-order valence-electron chi connectivity index (χ2n) is 8.03. The topological polar surface area (TPSA) is 69.3 Å². The zero-order valence-electron chi connectivity index (χ0n) is 17.3. The van der Waals surface area contributed by atoms with Crippen molar-refractivity contribution in [2.45, 2.75) is 50.8 Å². The van der Waals surface area contributed by atoms with Crippen LogP contribution in [0.3, 0.4) is 0 Å². The first-order valence-electron chi connectivity index (χ1n) is 10.8. The van der Waals surface area contributed by atoms with Gasteiger partial charge in [0.15, 0.2) is 11.5 Å². The fourth-order valence-corrected chi connectivity index (χ4v) is 3.99. The highest BCUT2D eigenvalue weighted by molar-refractivity contribution is 5.77. The Hall–Kier alpha value is -1.83. The molecule has 1 aromatic carbocycles. The van der Waals surface area contributed by atoms with Crippen LogP contribution >= 0.6 is 0 Å². The number of ether oxygens (including phenoxy) is 4. The SMILES string of the molecule is COCCCOc1cc(CN(C(=O)CC2CNCCO2)C2CC2)cc2c1OCC2. The number of carbonyl (C=O) groups is 1. The van der Waals surface area contributed by atoms with E-state index in [2.05, 4.69) is 11.4 Å². The fraction of sp³-hybridized carbons (Fsp3) is 0.682. The van der Waals surface area contributed by atoms with E-state index in [-0.39, 0.29) is 12.0 Å². The first-order valence-corrected chi connectivity index (χ1v) is 10.8. The number of methoxy groups -OCH3 is 1. The second-order valence-corrected chi connectivity index (χ2v) is 8.03. The lowest BCUT2D eigenvalue weighted by Crippen LogP contribution is -2.42. The number of amides is 1. The normalized spacial score (nSPS) is 20.8. The van der Waals surface area contributed by atoms with E-state index in [1.807, 2.05) is 11.0 Å². The molecule has 2 fully saturated rings. The van der Waals surface area contributed by atoms with Crippen molar-refractivity contribution in [2.75, 3.05) is 46.6 Å². The molecule has 0 radical (unpaired) electrons. The highest BCUT2D eigenvalue weighted by Gasteiger charge is 2.34. The summed E-state index contributed by atoms with van der Waals surface area (Å²) >= 11 is 0. The van der Waals surface area contributed by atoms with E-state index in [0.29, 0.717) is 45.4 Å². The molecule has 1 atom stereocenters. The molecule has 1 aliphatic carbocycles. The predicted molar refractivity (Wildman–Crippen MR) is 108 cm³/mol. The molecule has 3 aliphatic rings. The first-order chi connectivity index (χ1) is 14.2. The minimum Gasteiger partial charge on any atom is -0.490 e. The van der Waals surface area contributed by atoms with Gasteiger partial charge in [-0.3, -0.25) is 4.79 Å². The Morgan fingerprint density at radius 3 is 2.93 bits per heavy atom. The van der Waals surface area contributed by atoms with Crippen molar-refractivity contribution in [2.24, 2.45) is 0 Å². The van der Waals surface area contributed by atoms with E-state index in [9.17, 15) is 4.79 Å².